The molecule has 0 saturated carbocycles. The van der Waals surface area contributed by atoms with E-state index in [0.717, 1.165) is 25.9 Å². The molecule has 1 aromatic heterocycles. The maximum Gasteiger partial charge on any atom is 0.328 e. The van der Waals surface area contributed by atoms with Gasteiger partial charge in [0.1, 0.15) is 11.6 Å². The van der Waals surface area contributed by atoms with Gasteiger partial charge in [-0.3, -0.25) is 14.3 Å². The van der Waals surface area contributed by atoms with Crippen molar-refractivity contribution in [2.75, 3.05) is 20.1 Å². The summed E-state index contributed by atoms with van der Waals surface area (Å²) in [4.78, 5) is 27.3. The molecule has 6 nitrogen and oxygen atoms in total. The summed E-state index contributed by atoms with van der Waals surface area (Å²) in [7, 11) is 2.06. The van der Waals surface area contributed by atoms with Gasteiger partial charge in [0.15, 0.2) is 0 Å². The first-order valence-electron chi connectivity index (χ1n) is 6.02. The van der Waals surface area contributed by atoms with Crippen molar-refractivity contribution in [2.45, 2.75) is 19.4 Å². The summed E-state index contributed by atoms with van der Waals surface area (Å²) < 4.78 is 1.43. The Morgan fingerprint density at radius 3 is 3.00 bits per heavy atom. The first-order valence-corrected chi connectivity index (χ1v) is 6.02. The van der Waals surface area contributed by atoms with Crippen LogP contribution >= 0.6 is 0 Å². The van der Waals surface area contributed by atoms with Gasteiger partial charge < -0.3 is 4.90 Å². The lowest BCUT2D eigenvalue weighted by molar-refractivity contribution is 0.193. The summed E-state index contributed by atoms with van der Waals surface area (Å²) in [6, 6.07) is 1.79. The van der Waals surface area contributed by atoms with Gasteiger partial charge in [-0.15, -0.1) is 0 Å². The van der Waals surface area contributed by atoms with Crippen molar-refractivity contribution in [1.82, 2.24) is 14.5 Å². The van der Waals surface area contributed by atoms with E-state index in [-0.39, 0.29) is 5.56 Å². The average molecular weight is 248 g/mol. The minimum absolute atomic E-state index is 0.0150. The Hall–Kier alpha value is -1.87. The molecule has 18 heavy (non-hydrogen) atoms. The largest absolute Gasteiger partial charge is 0.328 e. The second-order valence-electron chi connectivity index (χ2n) is 4.84. The van der Waals surface area contributed by atoms with E-state index in [4.69, 9.17) is 5.26 Å². The third-order valence-corrected chi connectivity index (χ3v) is 3.31. The number of piperidine rings is 1. The van der Waals surface area contributed by atoms with E-state index in [1.54, 1.807) is 6.07 Å². The number of aromatic nitrogens is 2. The van der Waals surface area contributed by atoms with Gasteiger partial charge in [0.2, 0.25) is 0 Å². The van der Waals surface area contributed by atoms with Gasteiger partial charge >= 0.3 is 5.69 Å². The molecule has 1 saturated heterocycles. The van der Waals surface area contributed by atoms with Gasteiger partial charge in [0.25, 0.3) is 5.56 Å². The quantitative estimate of drug-likeness (QED) is 0.782. The monoisotopic (exact) mass is 248 g/mol. The number of hydrogen-bond acceptors (Lipinski definition) is 4. The minimum Gasteiger partial charge on any atom is -0.306 e. The Morgan fingerprint density at radius 2 is 2.33 bits per heavy atom. The van der Waals surface area contributed by atoms with E-state index in [2.05, 4.69) is 16.9 Å². The van der Waals surface area contributed by atoms with Gasteiger partial charge in [-0.2, -0.15) is 5.26 Å². The van der Waals surface area contributed by atoms with Crippen LogP contribution in [0.2, 0.25) is 0 Å². The van der Waals surface area contributed by atoms with Crippen LogP contribution in [0.5, 0.6) is 0 Å². The molecule has 0 amide bonds. The lowest BCUT2D eigenvalue weighted by Gasteiger charge is -2.29. The zero-order valence-corrected chi connectivity index (χ0v) is 10.3. The molecule has 0 aromatic carbocycles. The molecular weight excluding hydrogens is 232 g/mol. The highest BCUT2D eigenvalue weighted by atomic mass is 16.2. The number of nitrogens with zero attached hydrogens (tertiary/aromatic N) is 3. The van der Waals surface area contributed by atoms with Crippen LogP contribution in [0, 0.1) is 17.2 Å². The lowest BCUT2D eigenvalue weighted by Crippen LogP contribution is -2.38. The highest BCUT2D eigenvalue weighted by Gasteiger charge is 2.18. The Labute approximate surface area is 104 Å². The van der Waals surface area contributed by atoms with Crippen molar-refractivity contribution in [2.24, 2.45) is 5.92 Å². The zero-order valence-electron chi connectivity index (χ0n) is 10.3. The van der Waals surface area contributed by atoms with Crippen LogP contribution in [0.4, 0.5) is 0 Å². The minimum atomic E-state index is -0.612. The van der Waals surface area contributed by atoms with Crippen LogP contribution in [0.25, 0.3) is 0 Å². The number of nitrogens with one attached hydrogen (secondary N) is 1. The first-order chi connectivity index (χ1) is 8.60. The van der Waals surface area contributed by atoms with Gasteiger partial charge in [0.05, 0.1) is 0 Å². The molecule has 2 rings (SSSR count). The van der Waals surface area contributed by atoms with Crippen LogP contribution in [-0.4, -0.2) is 34.6 Å². The molecule has 2 heterocycles. The number of rotatable bonds is 2. The molecule has 6 heteroatoms. The number of H-pyrrole nitrogens is 1. The van der Waals surface area contributed by atoms with Gasteiger partial charge in [-0.1, -0.05) is 0 Å². The predicted molar refractivity (Wildman–Crippen MR) is 66.3 cm³/mol. The smallest absolute Gasteiger partial charge is 0.306 e. The van der Waals surface area contributed by atoms with Crippen LogP contribution in [-0.2, 0) is 6.54 Å². The van der Waals surface area contributed by atoms with E-state index in [0.29, 0.717) is 12.5 Å². The summed E-state index contributed by atoms with van der Waals surface area (Å²) in [5.41, 5.74) is -1.06. The molecule has 0 aliphatic carbocycles. The topological polar surface area (TPSA) is 81.9 Å². The SMILES string of the molecule is CN1CCCC(Cn2cc(C#N)c(=O)[nH]c2=O)C1. The Bertz CT molecular complexity index is 581. The van der Waals surface area contributed by atoms with Crippen molar-refractivity contribution < 1.29 is 0 Å². The number of hydrogen-bond donors (Lipinski definition) is 1. The van der Waals surface area contributed by atoms with Gasteiger partial charge in [0, 0.05) is 19.3 Å². The number of likely N-dealkylation sites (tertiary alicyclic amines) is 1. The Morgan fingerprint density at radius 1 is 1.56 bits per heavy atom. The first kappa shape index (κ1) is 12.6. The van der Waals surface area contributed by atoms with Crippen molar-refractivity contribution in [3.8, 4) is 6.07 Å². The van der Waals surface area contributed by atoms with Gasteiger partial charge in [-0.25, -0.2) is 4.79 Å². The lowest BCUT2D eigenvalue weighted by atomic mass is 9.98. The summed E-state index contributed by atoms with van der Waals surface area (Å²) in [5.74, 6) is 0.388. The summed E-state index contributed by atoms with van der Waals surface area (Å²) in [6.45, 7) is 2.57. The predicted octanol–water partition coefficient (Wildman–Crippen LogP) is -0.250. The Balaban J connectivity index is 2.21. The van der Waals surface area contributed by atoms with Crippen LogP contribution in [0.15, 0.2) is 15.8 Å². The van der Waals surface area contributed by atoms with Crippen molar-refractivity contribution in [3.05, 3.63) is 32.6 Å². The summed E-state index contributed by atoms with van der Waals surface area (Å²) in [5, 5.41) is 8.79. The van der Waals surface area contributed by atoms with Crippen LogP contribution in [0.1, 0.15) is 18.4 Å². The molecular formula is C12H16N4O2. The average Bonchev–Trinajstić information content (AvgIpc) is 2.33. The van der Waals surface area contributed by atoms with Crippen molar-refractivity contribution in [1.29, 1.82) is 5.26 Å². The van der Waals surface area contributed by atoms with Crippen molar-refractivity contribution in [3.63, 3.8) is 0 Å². The molecule has 1 fully saturated rings. The molecule has 1 atom stereocenters. The number of aromatic amines is 1. The summed E-state index contributed by atoms with van der Waals surface area (Å²) >= 11 is 0. The third kappa shape index (κ3) is 2.68. The van der Waals surface area contributed by atoms with Crippen LogP contribution in [0.3, 0.4) is 0 Å². The van der Waals surface area contributed by atoms with E-state index >= 15 is 0 Å². The second-order valence-corrected chi connectivity index (χ2v) is 4.84. The van der Waals surface area contributed by atoms with E-state index in [9.17, 15) is 9.59 Å². The fraction of sp³-hybridized carbons (Fsp3) is 0.583. The molecule has 1 aliphatic heterocycles. The molecule has 96 valence electrons. The molecule has 0 bridgehead atoms. The van der Waals surface area contributed by atoms with E-state index < -0.39 is 11.2 Å². The molecule has 0 spiro atoms. The molecule has 1 aromatic rings. The van der Waals surface area contributed by atoms with E-state index in [1.165, 1.54) is 10.8 Å². The maximum absolute atomic E-state index is 11.6. The molecule has 1 N–H and O–H groups in total. The van der Waals surface area contributed by atoms with Crippen LogP contribution < -0.4 is 11.2 Å². The molecule has 1 unspecified atom stereocenters. The normalized spacial score (nSPS) is 20.6. The standard InChI is InChI=1S/C12H16N4O2/c1-15-4-2-3-9(6-15)7-16-8-10(5-13)11(17)14-12(16)18/h8-9H,2-4,6-7H2,1H3,(H,14,17,18). The van der Waals surface area contributed by atoms with E-state index in [1.807, 2.05) is 0 Å². The van der Waals surface area contributed by atoms with Gasteiger partial charge in [-0.05, 0) is 32.4 Å². The second kappa shape index (κ2) is 5.19. The number of nitriles is 1. The zero-order chi connectivity index (χ0) is 13.1. The van der Waals surface area contributed by atoms with Crippen molar-refractivity contribution >= 4 is 0 Å². The fourth-order valence-corrected chi connectivity index (χ4v) is 2.43. The third-order valence-electron chi connectivity index (χ3n) is 3.31. The fourth-order valence-electron chi connectivity index (χ4n) is 2.43. The molecule has 0 radical (unpaired) electrons. The maximum atomic E-state index is 11.6. The molecule has 1 aliphatic rings. The summed E-state index contributed by atoms with van der Waals surface area (Å²) in [6.07, 6.45) is 3.54. The highest BCUT2D eigenvalue weighted by molar-refractivity contribution is 5.21. The highest BCUT2D eigenvalue weighted by Crippen LogP contribution is 2.16. The Kier molecular flexibility index (Phi) is 3.63.